The summed E-state index contributed by atoms with van der Waals surface area (Å²) in [7, 11) is 1.58. The molecule has 2 amide bonds. The van der Waals surface area contributed by atoms with Gasteiger partial charge in [0.05, 0.1) is 11.6 Å². The molecule has 20 heavy (non-hydrogen) atoms. The van der Waals surface area contributed by atoms with Crippen molar-refractivity contribution < 1.29 is 14.3 Å². The van der Waals surface area contributed by atoms with E-state index in [1.54, 1.807) is 25.3 Å². The first-order valence-electron chi connectivity index (χ1n) is 6.40. The van der Waals surface area contributed by atoms with Gasteiger partial charge in [-0.05, 0) is 47.0 Å². The molecule has 0 unspecified atom stereocenters. The monoisotopic (exact) mass is 342 g/mol. The predicted octanol–water partition coefficient (Wildman–Crippen LogP) is 2.10. The van der Waals surface area contributed by atoms with Crippen molar-refractivity contribution >= 4 is 27.7 Å². The van der Waals surface area contributed by atoms with Gasteiger partial charge in [-0.1, -0.05) is 0 Å². The van der Waals surface area contributed by atoms with Crippen LogP contribution >= 0.6 is 15.9 Å². The zero-order valence-electron chi connectivity index (χ0n) is 11.7. The number of nitrogens with one attached hydrogen (secondary N) is 2. The van der Waals surface area contributed by atoms with Crippen molar-refractivity contribution in [3.63, 3.8) is 0 Å². The second-order valence-corrected chi connectivity index (χ2v) is 5.15. The first-order valence-corrected chi connectivity index (χ1v) is 7.20. The second kappa shape index (κ2) is 8.58. The number of hydrogen-bond donors (Lipinski definition) is 2. The first-order chi connectivity index (χ1) is 9.54. The number of rotatable bonds is 7. The summed E-state index contributed by atoms with van der Waals surface area (Å²) in [5, 5.41) is 5.55. The molecule has 0 heterocycles. The Morgan fingerprint density at radius 1 is 1.20 bits per heavy atom. The van der Waals surface area contributed by atoms with Gasteiger partial charge in [-0.3, -0.25) is 9.59 Å². The van der Waals surface area contributed by atoms with Crippen LogP contribution in [0.25, 0.3) is 0 Å². The summed E-state index contributed by atoms with van der Waals surface area (Å²) in [5.41, 5.74) is 0.583. The van der Waals surface area contributed by atoms with Crippen molar-refractivity contribution in [1.29, 1.82) is 0 Å². The van der Waals surface area contributed by atoms with E-state index in [1.807, 2.05) is 0 Å². The van der Waals surface area contributed by atoms with Crippen LogP contribution in [-0.2, 0) is 4.79 Å². The van der Waals surface area contributed by atoms with Crippen LogP contribution in [0.1, 0.15) is 30.1 Å². The standard InChI is InChI=1S/C14H19BrN2O3/c1-10(18)16-7-3-4-8-17-14(19)11-5-6-13(20-2)12(15)9-11/h5-6,9H,3-4,7-8H2,1-2H3,(H,16,18)(H,17,19). The summed E-state index contributed by atoms with van der Waals surface area (Å²) in [6.45, 7) is 2.71. The lowest BCUT2D eigenvalue weighted by molar-refractivity contribution is -0.118. The molecule has 1 rings (SSSR count). The maximum absolute atomic E-state index is 11.9. The Bertz CT molecular complexity index is 477. The first kappa shape index (κ1) is 16.5. The molecule has 0 aliphatic carbocycles. The normalized spacial score (nSPS) is 9.95. The van der Waals surface area contributed by atoms with E-state index < -0.39 is 0 Å². The Hall–Kier alpha value is -1.56. The van der Waals surface area contributed by atoms with Gasteiger partial charge in [0.25, 0.3) is 5.91 Å². The number of carbonyl (C=O) groups is 2. The van der Waals surface area contributed by atoms with Gasteiger partial charge < -0.3 is 15.4 Å². The van der Waals surface area contributed by atoms with Gasteiger partial charge in [-0.15, -0.1) is 0 Å². The molecule has 0 radical (unpaired) electrons. The number of ether oxygens (including phenoxy) is 1. The van der Waals surface area contributed by atoms with E-state index in [4.69, 9.17) is 4.74 Å². The van der Waals surface area contributed by atoms with Crippen LogP contribution in [0.3, 0.4) is 0 Å². The van der Waals surface area contributed by atoms with Crippen molar-refractivity contribution in [2.24, 2.45) is 0 Å². The predicted molar refractivity (Wildman–Crippen MR) is 80.9 cm³/mol. The van der Waals surface area contributed by atoms with Crippen molar-refractivity contribution in [3.8, 4) is 5.75 Å². The maximum atomic E-state index is 11.9. The summed E-state index contributed by atoms with van der Waals surface area (Å²) < 4.78 is 5.86. The molecule has 110 valence electrons. The molecular weight excluding hydrogens is 324 g/mol. The lowest BCUT2D eigenvalue weighted by atomic mass is 10.2. The van der Waals surface area contributed by atoms with Crippen molar-refractivity contribution in [2.45, 2.75) is 19.8 Å². The van der Waals surface area contributed by atoms with Crippen molar-refractivity contribution in [1.82, 2.24) is 10.6 Å². The Morgan fingerprint density at radius 3 is 2.40 bits per heavy atom. The number of halogens is 1. The summed E-state index contributed by atoms with van der Waals surface area (Å²) in [6.07, 6.45) is 1.66. The van der Waals surface area contributed by atoms with Gasteiger partial charge in [-0.25, -0.2) is 0 Å². The molecule has 0 saturated heterocycles. The van der Waals surface area contributed by atoms with Crippen LogP contribution in [-0.4, -0.2) is 32.0 Å². The second-order valence-electron chi connectivity index (χ2n) is 4.30. The van der Waals surface area contributed by atoms with Gasteiger partial charge in [0.15, 0.2) is 0 Å². The van der Waals surface area contributed by atoms with Gasteiger partial charge in [0.1, 0.15) is 5.75 Å². The number of methoxy groups -OCH3 is 1. The third kappa shape index (κ3) is 5.61. The average Bonchev–Trinajstić information content (AvgIpc) is 2.42. The van der Waals surface area contributed by atoms with Crippen LogP contribution < -0.4 is 15.4 Å². The molecule has 0 fully saturated rings. The Kier molecular flexibility index (Phi) is 7.08. The van der Waals surface area contributed by atoms with E-state index in [9.17, 15) is 9.59 Å². The fourth-order valence-electron chi connectivity index (χ4n) is 1.63. The SMILES string of the molecule is COc1ccc(C(=O)NCCCCNC(C)=O)cc1Br. The number of benzene rings is 1. The lowest BCUT2D eigenvalue weighted by Gasteiger charge is -2.08. The molecule has 2 N–H and O–H groups in total. The molecule has 0 saturated carbocycles. The van der Waals surface area contributed by atoms with Crippen LogP contribution in [0.4, 0.5) is 0 Å². The molecule has 1 aromatic carbocycles. The van der Waals surface area contributed by atoms with E-state index in [1.165, 1.54) is 6.92 Å². The Balaban J connectivity index is 2.32. The quantitative estimate of drug-likeness (QED) is 0.745. The topological polar surface area (TPSA) is 67.4 Å². The number of hydrogen-bond acceptors (Lipinski definition) is 3. The molecule has 0 spiro atoms. The minimum Gasteiger partial charge on any atom is -0.496 e. The summed E-state index contributed by atoms with van der Waals surface area (Å²) in [5.74, 6) is 0.543. The Labute approximate surface area is 127 Å². The highest BCUT2D eigenvalue weighted by Crippen LogP contribution is 2.25. The van der Waals surface area contributed by atoms with Gasteiger partial charge in [0.2, 0.25) is 5.91 Å². The summed E-state index contributed by atoms with van der Waals surface area (Å²) in [6, 6.07) is 5.19. The van der Waals surface area contributed by atoms with E-state index in [2.05, 4.69) is 26.6 Å². The van der Waals surface area contributed by atoms with Gasteiger partial charge >= 0.3 is 0 Å². The number of unbranched alkanes of at least 4 members (excludes halogenated alkanes) is 1. The van der Waals surface area contributed by atoms with Crippen LogP contribution in [0, 0.1) is 0 Å². The van der Waals surface area contributed by atoms with Crippen molar-refractivity contribution in [2.75, 3.05) is 20.2 Å². The smallest absolute Gasteiger partial charge is 0.251 e. The highest BCUT2D eigenvalue weighted by molar-refractivity contribution is 9.10. The van der Waals surface area contributed by atoms with Gasteiger partial charge in [0, 0.05) is 25.6 Å². The average molecular weight is 343 g/mol. The maximum Gasteiger partial charge on any atom is 0.251 e. The summed E-state index contributed by atoms with van der Waals surface area (Å²) >= 11 is 3.35. The fraction of sp³-hybridized carbons (Fsp3) is 0.429. The van der Waals surface area contributed by atoms with Crippen LogP contribution in [0.15, 0.2) is 22.7 Å². The minimum absolute atomic E-state index is 0.0304. The molecule has 0 aliphatic heterocycles. The van der Waals surface area contributed by atoms with E-state index in [0.29, 0.717) is 24.4 Å². The van der Waals surface area contributed by atoms with Crippen LogP contribution in [0.5, 0.6) is 5.75 Å². The third-order valence-electron chi connectivity index (χ3n) is 2.68. The number of amides is 2. The Morgan fingerprint density at radius 2 is 1.85 bits per heavy atom. The zero-order chi connectivity index (χ0) is 15.0. The molecule has 0 bridgehead atoms. The molecular formula is C14H19BrN2O3. The van der Waals surface area contributed by atoms with Crippen molar-refractivity contribution in [3.05, 3.63) is 28.2 Å². The van der Waals surface area contributed by atoms with E-state index in [-0.39, 0.29) is 11.8 Å². The van der Waals surface area contributed by atoms with E-state index >= 15 is 0 Å². The largest absolute Gasteiger partial charge is 0.496 e. The highest BCUT2D eigenvalue weighted by atomic mass is 79.9. The minimum atomic E-state index is -0.118. The highest BCUT2D eigenvalue weighted by Gasteiger charge is 2.08. The fourth-order valence-corrected chi connectivity index (χ4v) is 2.17. The molecule has 5 nitrogen and oxygen atoms in total. The molecule has 1 aromatic rings. The van der Waals surface area contributed by atoms with Gasteiger partial charge in [-0.2, -0.15) is 0 Å². The van der Waals surface area contributed by atoms with E-state index in [0.717, 1.165) is 17.3 Å². The lowest BCUT2D eigenvalue weighted by Crippen LogP contribution is -2.26. The zero-order valence-corrected chi connectivity index (χ0v) is 13.2. The molecule has 0 aromatic heterocycles. The third-order valence-corrected chi connectivity index (χ3v) is 3.30. The molecule has 0 aliphatic rings. The summed E-state index contributed by atoms with van der Waals surface area (Å²) in [4.78, 5) is 22.6. The van der Waals surface area contributed by atoms with Crippen LogP contribution in [0.2, 0.25) is 0 Å². The molecule has 0 atom stereocenters. The molecule has 6 heteroatoms. The number of carbonyl (C=O) groups excluding carboxylic acids is 2.